The zero-order valence-corrected chi connectivity index (χ0v) is 10.6. The third-order valence-corrected chi connectivity index (χ3v) is 2.88. The molecule has 0 radical (unpaired) electrons. The van der Waals surface area contributed by atoms with E-state index in [-0.39, 0.29) is 5.82 Å². The Bertz CT molecular complexity index is 531. The highest BCUT2D eigenvalue weighted by atomic mass is 79.9. The van der Waals surface area contributed by atoms with Crippen LogP contribution in [0, 0.1) is 5.82 Å². The van der Waals surface area contributed by atoms with Crippen molar-refractivity contribution >= 4 is 15.9 Å². The van der Waals surface area contributed by atoms with Crippen LogP contribution < -0.4 is 10.5 Å². The first kappa shape index (κ1) is 12.1. The van der Waals surface area contributed by atoms with E-state index in [9.17, 15) is 4.39 Å². The molecule has 0 aliphatic heterocycles. The van der Waals surface area contributed by atoms with Gasteiger partial charge in [0.05, 0.1) is 4.47 Å². The van der Waals surface area contributed by atoms with Crippen molar-refractivity contribution in [2.24, 2.45) is 5.73 Å². The van der Waals surface area contributed by atoms with Gasteiger partial charge in [0.2, 0.25) is 0 Å². The predicted octanol–water partition coefficient (Wildman–Crippen LogP) is 3.84. The maximum Gasteiger partial charge on any atom is 0.141 e. The average molecular weight is 296 g/mol. The van der Waals surface area contributed by atoms with Gasteiger partial charge >= 0.3 is 0 Å². The van der Waals surface area contributed by atoms with Crippen molar-refractivity contribution in [3.05, 3.63) is 58.3 Å². The molecule has 0 spiro atoms. The summed E-state index contributed by atoms with van der Waals surface area (Å²) in [6, 6.07) is 11.8. The first-order valence-corrected chi connectivity index (χ1v) is 5.90. The summed E-state index contributed by atoms with van der Waals surface area (Å²) in [6.45, 7) is 0.460. The van der Waals surface area contributed by atoms with Crippen molar-refractivity contribution in [3.8, 4) is 11.5 Å². The van der Waals surface area contributed by atoms with Gasteiger partial charge in [0, 0.05) is 6.54 Å². The van der Waals surface area contributed by atoms with E-state index in [4.69, 9.17) is 10.5 Å². The smallest absolute Gasteiger partial charge is 0.141 e. The Morgan fingerprint density at radius 2 is 2.00 bits per heavy atom. The second-order valence-corrected chi connectivity index (χ2v) is 4.38. The van der Waals surface area contributed by atoms with Crippen LogP contribution in [0.15, 0.2) is 46.9 Å². The number of benzene rings is 2. The van der Waals surface area contributed by atoms with E-state index in [2.05, 4.69) is 15.9 Å². The van der Waals surface area contributed by atoms with Crippen LogP contribution in [0.25, 0.3) is 0 Å². The Balaban J connectivity index is 2.25. The summed E-state index contributed by atoms with van der Waals surface area (Å²) in [5.41, 5.74) is 6.53. The maximum absolute atomic E-state index is 12.9. The van der Waals surface area contributed by atoms with Gasteiger partial charge in [-0.05, 0) is 51.8 Å². The molecule has 0 aliphatic rings. The number of hydrogen-bond acceptors (Lipinski definition) is 2. The van der Waals surface area contributed by atoms with Crippen LogP contribution in [0.4, 0.5) is 4.39 Å². The summed E-state index contributed by atoms with van der Waals surface area (Å²) in [7, 11) is 0. The molecule has 2 rings (SSSR count). The van der Waals surface area contributed by atoms with E-state index in [1.165, 1.54) is 12.1 Å². The second kappa shape index (κ2) is 5.29. The first-order valence-electron chi connectivity index (χ1n) is 5.11. The SMILES string of the molecule is NCc1cccc(Oc2ccc(F)cc2Br)c1. The molecular formula is C13H11BrFNO. The maximum atomic E-state index is 12.9. The van der Waals surface area contributed by atoms with Gasteiger partial charge < -0.3 is 10.5 Å². The minimum atomic E-state index is -0.306. The van der Waals surface area contributed by atoms with Gasteiger partial charge in [-0.3, -0.25) is 0 Å². The predicted molar refractivity (Wildman–Crippen MR) is 68.5 cm³/mol. The lowest BCUT2D eigenvalue weighted by atomic mass is 10.2. The monoisotopic (exact) mass is 295 g/mol. The molecule has 4 heteroatoms. The van der Waals surface area contributed by atoms with Gasteiger partial charge in [-0.15, -0.1) is 0 Å². The molecule has 0 aromatic heterocycles. The number of rotatable bonds is 3. The van der Waals surface area contributed by atoms with Crippen molar-refractivity contribution in [2.75, 3.05) is 0 Å². The molecule has 88 valence electrons. The minimum absolute atomic E-state index is 0.306. The molecule has 2 N–H and O–H groups in total. The lowest BCUT2D eigenvalue weighted by Crippen LogP contribution is -1.96. The Labute approximate surface area is 107 Å². The van der Waals surface area contributed by atoms with Crippen LogP contribution in [-0.2, 0) is 6.54 Å². The topological polar surface area (TPSA) is 35.2 Å². The van der Waals surface area contributed by atoms with Gasteiger partial charge in [-0.25, -0.2) is 4.39 Å². The quantitative estimate of drug-likeness (QED) is 0.934. The standard InChI is InChI=1S/C13H11BrFNO/c14-12-7-10(15)4-5-13(12)17-11-3-1-2-9(6-11)8-16/h1-7H,8,16H2. The van der Waals surface area contributed by atoms with Crippen molar-refractivity contribution in [2.45, 2.75) is 6.54 Å². The molecule has 0 saturated carbocycles. The molecule has 2 aromatic carbocycles. The van der Waals surface area contributed by atoms with E-state index in [1.807, 2.05) is 24.3 Å². The van der Waals surface area contributed by atoms with Crippen molar-refractivity contribution < 1.29 is 9.13 Å². The highest BCUT2D eigenvalue weighted by Gasteiger charge is 2.04. The number of nitrogens with two attached hydrogens (primary N) is 1. The molecule has 0 aliphatic carbocycles. The summed E-state index contributed by atoms with van der Waals surface area (Å²) in [5, 5.41) is 0. The number of hydrogen-bond donors (Lipinski definition) is 1. The van der Waals surface area contributed by atoms with Crippen LogP contribution in [0.1, 0.15) is 5.56 Å². The normalized spacial score (nSPS) is 10.3. The largest absolute Gasteiger partial charge is 0.456 e. The van der Waals surface area contributed by atoms with Gasteiger partial charge in [0.25, 0.3) is 0 Å². The Hall–Kier alpha value is -1.39. The number of halogens is 2. The highest BCUT2D eigenvalue weighted by molar-refractivity contribution is 9.10. The molecule has 2 aromatic rings. The van der Waals surface area contributed by atoms with Gasteiger partial charge in [-0.2, -0.15) is 0 Å². The van der Waals surface area contributed by atoms with E-state index < -0.39 is 0 Å². The number of ether oxygens (including phenoxy) is 1. The summed E-state index contributed by atoms with van der Waals surface area (Å²) in [6.07, 6.45) is 0. The van der Waals surface area contributed by atoms with Crippen molar-refractivity contribution in [3.63, 3.8) is 0 Å². The van der Waals surface area contributed by atoms with Crippen molar-refractivity contribution in [1.29, 1.82) is 0 Å². The summed E-state index contributed by atoms with van der Waals surface area (Å²) < 4.78 is 19.1. The molecule has 0 atom stereocenters. The molecular weight excluding hydrogens is 285 g/mol. The molecule has 0 fully saturated rings. The third kappa shape index (κ3) is 3.05. The lowest BCUT2D eigenvalue weighted by molar-refractivity contribution is 0.476. The minimum Gasteiger partial charge on any atom is -0.456 e. The fourth-order valence-electron chi connectivity index (χ4n) is 1.42. The van der Waals surface area contributed by atoms with Crippen LogP contribution in [0.5, 0.6) is 11.5 Å². The lowest BCUT2D eigenvalue weighted by Gasteiger charge is -2.08. The van der Waals surface area contributed by atoms with Crippen LogP contribution in [0.3, 0.4) is 0 Å². The Morgan fingerprint density at radius 1 is 1.18 bits per heavy atom. The van der Waals surface area contributed by atoms with E-state index in [1.54, 1.807) is 6.07 Å². The van der Waals surface area contributed by atoms with Crippen molar-refractivity contribution in [1.82, 2.24) is 0 Å². The second-order valence-electron chi connectivity index (χ2n) is 3.53. The summed E-state index contributed by atoms with van der Waals surface area (Å²) >= 11 is 3.25. The molecule has 0 saturated heterocycles. The van der Waals surface area contributed by atoms with Gasteiger partial charge in [-0.1, -0.05) is 12.1 Å². The molecule has 17 heavy (non-hydrogen) atoms. The highest BCUT2D eigenvalue weighted by Crippen LogP contribution is 2.30. The molecule has 0 heterocycles. The van der Waals surface area contributed by atoms with Crippen LogP contribution in [0.2, 0.25) is 0 Å². The summed E-state index contributed by atoms with van der Waals surface area (Å²) in [4.78, 5) is 0. The van der Waals surface area contributed by atoms with Crippen LogP contribution in [-0.4, -0.2) is 0 Å². The van der Waals surface area contributed by atoms with Gasteiger partial charge in [0.15, 0.2) is 0 Å². The zero-order chi connectivity index (χ0) is 12.3. The summed E-state index contributed by atoms with van der Waals surface area (Å²) in [5.74, 6) is 0.945. The molecule has 2 nitrogen and oxygen atoms in total. The zero-order valence-electron chi connectivity index (χ0n) is 8.99. The first-order chi connectivity index (χ1) is 8.19. The molecule has 0 bridgehead atoms. The van der Waals surface area contributed by atoms with Crippen LogP contribution >= 0.6 is 15.9 Å². The Morgan fingerprint density at radius 3 is 2.71 bits per heavy atom. The van der Waals surface area contributed by atoms with Gasteiger partial charge in [0.1, 0.15) is 17.3 Å². The Kier molecular flexibility index (Phi) is 3.76. The third-order valence-electron chi connectivity index (χ3n) is 2.26. The fraction of sp³-hybridized carbons (Fsp3) is 0.0769. The van der Waals surface area contributed by atoms with E-state index in [0.717, 1.165) is 5.56 Å². The fourth-order valence-corrected chi connectivity index (χ4v) is 1.85. The molecule has 0 unspecified atom stereocenters. The van der Waals surface area contributed by atoms with E-state index in [0.29, 0.717) is 22.5 Å². The van der Waals surface area contributed by atoms with E-state index >= 15 is 0 Å². The molecule has 0 amide bonds. The average Bonchev–Trinajstić information content (AvgIpc) is 2.33.